The summed E-state index contributed by atoms with van der Waals surface area (Å²) in [7, 11) is 0. The monoisotopic (exact) mass is 384 g/mol. The molecule has 4 amide bonds. The summed E-state index contributed by atoms with van der Waals surface area (Å²) in [6.07, 6.45) is 1.25. The standard InChI is InChI=1S/C20H24N4O4/c1-20(2)14(8-9-22-20)21-10-11-4-3-5-12-16(11)19(28)24(18(12)27)13-6-7-15(25)23-17(13)26/h3-5,13-14,21-22H,6-10H2,1-2H3,(H,23,25,26). The minimum Gasteiger partial charge on any atom is -0.310 e. The zero-order valence-electron chi connectivity index (χ0n) is 16.0. The second-order valence-corrected chi connectivity index (χ2v) is 8.16. The molecule has 0 radical (unpaired) electrons. The molecule has 2 saturated heterocycles. The van der Waals surface area contributed by atoms with Gasteiger partial charge in [-0.15, -0.1) is 0 Å². The lowest BCUT2D eigenvalue weighted by molar-refractivity contribution is -0.136. The molecule has 0 saturated carbocycles. The Morgan fingerprint density at radius 2 is 1.93 bits per heavy atom. The number of hydrogen-bond donors (Lipinski definition) is 3. The van der Waals surface area contributed by atoms with Gasteiger partial charge < -0.3 is 10.6 Å². The molecule has 1 aromatic carbocycles. The van der Waals surface area contributed by atoms with Crippen LogP contribution in [0.4, 0.5) is 0 Å². The van der Waals surface area contributed by atoms with E-state index in [0.717, 1.165) is 23.4 Å². The molecule has 0 bridgehead atoms. The van der Waals surface area contributed by atoms with Crippen LogP contribution in [0.3, 0.4) is 0 Å². The quantitative estimate of drug-likeness (QED) is 0.646. The molecule has 4 rings (SSSR count). The van der Waals surface area contributed by atoms with Crippen molar-refractivity contribution in [3.63, 3.8) is 0 Å². The van der Waals surface area contributed by atoms with Crippen molar-refractivity contribution < 1.29 is 19.2 Å². The molecule has 0 spiro atoms. The molecular weight excluding hydrogens is 360 g/mol. The van der Waals surface area contributed by atoms with Crippen molar-refractivity contribution in [2.45, 2.75) is 57.3 Å². The van der Waals surface area contributed by atoms with Gasteiger partial charge in [0.05, 0.1) is 11.1 Å². The van der Waals surface area contributed by atoms with E-state index in [2.05, 4.69) is 29.8 Å². The fourth-order valence-corrected chi connectivity index (χ4v) is 4.35. The fraction of sp³-hybridized carbons (Fsp3) is 0.500. The van der Waals surface area contributed by atoms with Gasteiger partial charge in [-0.1, -0.05) is 12.1 Å². The third kappa shape index (κ3) is 3.02. The summed E-state index contributed by atoms with van der Waals surface area (Å²) < 4.78 is 0. The largest absolute Gasteiger partial charge is 0.310 e. The van der Waals surface area contributed by atoms with Gasteiger partial charge in [-0.2, -0.15) is 0 Å². The van der Waals surface area contributed by atoms with Gasteiger partial charge in [0, 0.05) is 24.5 Å². The van der Waals surface area contributed by atoms with Crippen LogP contribution in [0.5, 0.6) is 0 Å². The summed E-state index contributed by atoms with van der Waals surface area (Å²) in [5, 5.41) is 9.16. The van der Waals surface area contributed by atoms with Crippen molar-refractivity contribution in [3.8, 4) is 0 Å². The molecule has 3 N–H and O–H groups in total. The average Bonchev–Trinajstić information content (AvgIpc) is 3.11. The number of imide groups is 2. The molecule has 8 nitrogen and oxygen atoms in total. The third-order valence-electron chi connectivity index (χ3n) is 5.98. The molecule has 0 aliphatic carbocycles. The number of nitrogens with one attached hydrogen (secondary N) is 3. The van der Waals surface area contributed by atoms with Crippen LogP contribution in [-0.2, 0) is 16.1 Å². The lowest BCUT2D eigenvalue weighted by Gasteiger charge is -2.28. The van der Waals surface area contributed by atoms with Crippen LogP contribution in [0.25, 0.3) is 0 Å². The van der Waals surface area contributed by atoms with Crippen molar-refractivity contribution in [3.05, 3.63) is 34.9 Å². The van der Waals surface area contributed by atoms with Crippen molar-refractivity contribution >= 4 is 23.6 Å². The molecule has 3 aliphatic heterocycles. The molecule has 2 fully saturated rings. The summed E-state index contributed by atoms with van der Waals surface area (Å²) in [6.45, 7) is 5.65. The Bertz CT molecular complexity index is 879. The van der Waals surface area contributed by atoms with E-state index in [1.807, 2.05) is 6.07 Å². The first-order valence-electron chi connectivity index (χ1n) is 9.61. The smallest absolute Gasteiger partial charge is 0.262 e. The number of benzene rings is 1. The Kier molecular flexibility index (Phi) is 4.55. The molecule has 28 heavy (non-hydrogen) atoms. The molecule has 0 aromatic heterocycles. The van der Waals surface area contributed by atoms with E-state index in [-0.39, 0.29) is 30.3 Å². The minimum atomic E-state index is -0.941. The van der Waals surface area contributed by atoms with E-state index in [1.54, 1.807) is 12.1 Å². The number of piperidine rings is 1. The van der Waals surface area contributed by atoms with Crippen molar-refractivity contribution in [1.82, 2.24) is 20.9 Å². The molecule has 148 valence electrons. The maximum atomic E-state index is 13.1. The Hall–Kier alpha value is -2.58. The Morgan fingerprint density at radius 3 is 2.61 bits per heavy atom. The highest BCUT2D eigenvalue weighted by Gasteiger charge is 2.45. The van der Waals surface area contributed by atoms with Crippen LogP contribution in [0.2, 0.25) is 0 Å². The topological polar surface area (TPSA) is 108 Å². The van der Waals surface area contributed by atoms with Gasteiger partial charge in [0.2, 0.25) is 11.8 Å². The number of rotatable bonds is 4. The van der Waals surface area contributed by atoms with E-state index < -0.39 is 23.8 Å². The zero-order chi connectivity index (χ0) is 20.1. The predicted molar refractivity (Wildman–Crippen MR) is 100 cm³/mol. The molecular formula is C20H24N4O4. The van der Waals surface area contributed by atoms with Crippen LogP contribution in [0, 0.1) is 0 Å². The summed E-state index contributed by atoms with van der Waals surface area (Å²) in [5.41, 5.74) is 1.37. The third-order valence-corrected chi connectivity index (χ3v) is 5.98. The van der Waals surface area contributed by atoms with Crippen LogP contribution in [0.1, 0.15) is 59.4 Å². The van der Waals surface area contributed by atoms with E-state index in [0.29, 0.717) is 17.7 Å². The molecule has 3 heterocycles. The van der Waals surface area contributed by atoms with Crippen LogP contribution >= 0.6 is 0 Å². The zero-order valence-corrected chi connectivity index (χ0v) is 16.0. The van der Waals surface area contributed by atoms with E-state index in [1.165, 1.54) is 0 Å². The molecule has 8 heteroatoms. The molecule has 1 aromatic rings. The first-order chi connectivity index (χ1) is 13.3. The Labute approximate surface area is 163 Å². The molecule has 3 aliphatic rings. The van der Waals surface area contributed by atoms with Gasteiger partial charge in [0.1, 0.15) is 6.04 Å². The van der Waals surface area contributed by atoms with Crippen LogP contribution < -0.4 is 16.0 Å². The number of amides is 4. The number of nitrogens with zero attached hydrogens (tertiary/aromatic N) is 1. The second kappa shape index (κ2) is 6.79. The maximum absolute atomic E-state index is 13.1. The SMILES string of the molecule is CC1(C)NCCC1NCc1cccc2c1C(=O)N(C1CCC(=O)NC1=O)C2=O. The van der Waals surface area contributed by atoms with Crippen LogP contribution in [-0.4, -0.2) is 52.7 Å². The van der Waals surface area contributed by atoms with E-state index in [4.69, 9.17) is 0 Å². The van der Waals surface area contributed by atoms with Crippen molar-refractivity contribution in [2.75, 3.05) is 6.54 Å². The van der Waals surface area contributed by atoms with Gasteiger partial charge in [-0.05, 0) is 44.9 Å². The first-order valence-corrected chi connectivity index (χ1v) is 9.61. The average molecular weight is 384 g/mol. The van der Waals surface area contributed by atoms with Gasteiger partial charge in [-0.25, -0.2) is 0 Å². The van der Waals surface area contributed by atoms with Gasteiger partial charge in [0.25, 0.3) is 11.8 Å². The maximum Gasteiger partial charge on any atom is 0.262 e. The van der Waals surface area contributed by atoms with Gasteiger partial charge in [-0.3, -0.25) is 29.4 Å². The van der Waals surface area contributed by atoms with Gasteiger partial charge in [0.15, 0.2) is 0 Å². The second-order valence-electron chi connectivity index (χ2n) is 8.16. The molecule has 2 unspecified atom stereocenters. The number of hydrogen-bond acceptors (Lipinski definition) is 6. The number of carbonyl (C=O) groups is 4. The highest BCUT2D eigenvalue weighted by atomic mass is 16.2. The van der Waals surface area contributed by atoms with Gasteiger partial charge >= 0.3 is 0 Å². The summed E-state index contributed by atoms with van der Waals surface area (Å²) in [5.74, 6) is -1.91. The minimum absolute atomic E-state index is 0.0451. The lowest BCUT2D eigenvalue weighted by Crippen LogP contribution is -2.54. The van der Waals surface area contributed by atoms with E-state index >= 15 is 0 Å². The highest BCUT2D eigenvalue weighted by Crippen LogP contribution is 2.30. The first kappa shape index (κ1) is 18.8. The normalized spacial score (nSPS) is 26.6. The van der Waals surface area contributed by atoms with E-state index in [9.17, 15) is 19.2 Å². The summed E-state index contributed by atoms with van der Waals surface area (Å²) >= 11 is 0. The number of carbonyl (C=O) groups excluding carboxylic acids is 4. The Morgan fingerprint density at radius 1 is 1.14 bits per heavy atom. The van der Waals surface area contributed by atoms with Crippen molar-refractivity contribution in [1.29, 1.82) is 0 Å². The predicted octanol–water partition coefficient (Wildman–Crippen LogP) is 0.318. The Balaban J connectivity index is 1.58. The number of fused-ring (bicyclic) bond motifs is 1. The van der Waals surface area contributed by atoms with Crippen molar-refractivity contribution in [2.24, 2.45) is 0 Å². The highest BCUT2D eigenvalue weighted by molar-refractivity contribution is 6.24. The van der Waals surface area contributed by atoms with Crippen LogP contribution in [0.15, 0.2) is 18.2 Å². The lowest BCUT2D eigenvalue weighted by atomic mass is 9.96. The summed E-state index contributed by atoms with van der Waals surface area (Å²) in [4.78, 5) is 50.5. The fourth-order valence-electron chi connectivity index (χ4n) is 4.35. The summed E-state index contributed by atoms with van der Waals surface area (Å²) in [6, 6.07) is 4.52. The molecule has 2 atom stereocenters.